The molecule has 1 N–H and O–H groups in total. The van der Waals surface area contributed by atoms with Gasteiger partial charge in [0.05, 0.1) is 6.07 Å². The van der Waals surface area contributed by atoms with Gasteiger partial charge in [0.2, 0.25) is 0 Å². The van der Waals surface area contributed by atoms with Crippen LogP contribution < -0.4 is 0 Å². The van der Waals surface area contributed by atoms with Crippen LogP contribution in [-0.2, 0) is 14.3 Å². The van der Waals surface area contributed by atoms with Gasteiger partial charge < -0.3 is 15.0 Å². The summed E-state index contributed by atoms with van der Waals surface area (Å²) in [6.07, 6.45) is 0. The molecule has 0 aromatic heterocycles. The Bertz CT molecular complexity index is 457. The van der Waals surface area contributed by atoms with E-state index in [2.05, 4.69) is 0 Å². The molecule has 7 nitrogen and oxygen atoms in total. The Morgan fingerprint density at radius 3 is 2.79 bits per heavy atom. The molecule has 19 heavy (non-hydrogen) atoms. The smallest absolute Gasteiger partial charge is 0.326 e. The van der Waals surface area contributed by atoms with Gasteiger partial charge in [-0.3, -0.25) is 14.4 Å². The van der Waals surface area contributed by atoms with Crippen molar-refractivity contribution in [3.8, 4) is 6.07 Å². The molecule has 1 amide bonds. The maximum atomic E-state index is 11.5. The Morgan fingerprint density at radius 2 is 2.32 bits per heavy atom. The number of carbonyl (C=O) groups excluding carboxylic acids is 3. The average Bonchev–Trinajstić information content (AvgIpc) is 2.73. The van der Waals surface area contributed by atoms with E-state index in [1.807, 2.05) is 0 Å². The van der Waals surface area contributed by atoms with Gasteiger partial charge in [-0.2, -0.15) is 5.26 Å². The molecule has 0 aromatic carbocycles. The lowest BCUT2D eigenvalue weighted by Crippen LogP contribution is -2.33. The van der Waals surface area contributed by atoms with Crippen molar-refractivity contribution in [3.63, 3.8) is 0 Å². The van der Waals surface area contributed by atoms with E-state index in [1.165, 1.54) is 11.8 Å². The number of ether oxygens (including phenoxy) is 1. The number of thioether (sulfide) groups is 1. The van der Waals surface area contributed by atoms with E-state index in [9.17, 15) is 14.4 Å². The molecule has 1 rings (SSSR count). The predicted octanol–water partition coefficient (Wildman–Crippen LogP) is 0.447. The van der Waals surface area contributed by atoms with Gasteiger partial charge in [0.1, 0.15) is 12.5 Å². The summed E-state index contributed by atoms with van der Waals surface area (Å²) in [5, 5.41) is 15.7. The number of nitrogens with zero attached hydrogens (tertiary/aromatic N) is 2. The summed E-state index contributed by atoms with van der Waals surface area (Å²) < 4.78 is 4.71. The van der Waals surface area contributed by atoms with Gasteiger partial charge in [-0.15, -0.1) is 0 Å². The minimum Gasteiger partial charge on any atom is -0.456 e. The van der Waals surface area contributed by atoms with Gasteiger partial charge >= 0.3 is 5.97 Å². The van der Waals surface area contributed by atoms with Crippen LogP contribution in [0.2, 0.25) is 0 Å². The largest absolute Gasteiger partial charge is 0.456 e. The standard InChI is InChI=1S/C11H13N3O4S/c1-7(13)8(4-12)9(15)6-18-10(16)5-14-2-3-19-11(14)17/h8,13H,2-3,5-6H2,1H3. The highest BCUT2D eigenvalue weighted by atomic mass is 32.2. The molecule has 102 valence electrons. The van der Waals surface area contributed by atoms with Crippen LogP contribution in [0.3, 0.4) is 0 Å². The molecule has 1 unspecified atom stereocenters. The van der Waals surface area contributed by atoms with Crippen LogP contribution >= 0.6 is 11.8 Å². The van der Waals surface area contributed by atoms with Gasteiger partial charge in [-0.05, 0) is 6.92 Å². The summed E-state index contributed by atoms with van der Waals surface area (Å²) >= 11 is 1.13. The summed E-state index contributed by atoms with van der Waals surface area (Å²) in [7, 11) is 0. The van der Waals surface area contributed by atoms with E-state index in [0.29, 0.717) is 12.3 Å². The number of nitrogens with one attached hydrogen (secondary N) is 1. The Morgan fingerprint density at radius 1 is 1.63 bits per heavy atom. The van der Waals surface area contributed by atoms with E-state index >= 15 is 0 Å². The van der Waals surface area contributed by atoms with E-state index in [0.717, 1.165) is 11.8 Å². The lowest BCUT2D eigenvalue weighted by Gasteiger charge is -2.13. The molecule has 1 aliphatic heterocycles. The summed E-state index contributed by atoms with van der Waals surface area (Å²) in [4.78, 5) is 35.5. The third-order valence-electron chi connectivity index (χ3n) is 2.42. The monoisotopic (exact) mass is 283 g/mol. The lowest BCUT2D eigenvalue weighted by atomic mass is 10.0. The Hall–Kier alpha value is -1.88. The number of rotatable bonds is 6. The minimum atomic E-state index is -1.18. The fourth-order valence-electron chi connectivity index (χ4n) is 1.42. The predicted molar refractivity (Wildman–Crippen MR) is 67.9 cm³/mol. The lowest BCUT2D eigenvalue weighted by molar-refractivity contribution is -0.148. The van der Waals surface area contributed by atoms with Gasteiger partial charge in [-0.25, -0.2) is 0 Å². The third kappa shape index (κ3) is 4.37. The first-order valence-corrected chi connectivity index (χ1v) is 6.49. The second-order valence-corrected chi connectivity index (χ2v) is 4.95. The van der Waals surface area contributed by atoms with Gasteiger partial charge in [0, 0.05) is 18.0 Å². The maximum absolute atomic E-state index is 11.5. The van der Waals surface area contributed by atoms with Crippen LogP contribution in [0.1, 0.15) is 6.92 Å². The van der Waals surface area contributed by atoms with Gasteiger partial charge in [-0.1, -0.05) is 11.8 Å². The quantitative estimate of drug-likeness (QED) is 0.559. The number of amides is 1. The number of nitriles is 1. The van der Waals surface area contributed by atoms with Crippen molar-refractivity contribution in [2.45, 2.75) is 6.92 Å². The van der Waals surface area contributed by atoms with E-state index in [1.54, 1.807) is 6.07 Å². The molecule has 1 fully saturated rings. The SMILES string of the molecule is CC(=N)C(C#N)C(=O)COC(=O)CN1CCSC1=O. The average molecular weight is 283 g/mol. The molecule has 0 radical (unpaired) electrons. The Balaban J connectivity index is 2.38. The number of esters is 1. The highest BCUT2D eigenvalue weighted by Crippen LogP contribution is 2.16. The van der Waals surface area contributed by atoms with Gasteiger partial charge in [0.15, 0.2) is 12.4 Å². The number of carbonyl (C=O) groups is 3. The second-order valence-electron chi connectivity index (χ2n) is 3.91. The van der Waals surface area contributed by atoms with E-state index in [4.69, 9.17) is 15.4 Å². The molecule has 1 saturated heterocycles. The molecule has 0 aliphatic carbocycles. The van der Waals surface area contributed by atoms with Crippen molar-refractivity contribution in [3.05, 3.63) is 0 Å². The number of hydrogen-bond acceptors (Lipinski definition) is 7. The van der Waals surface area contributed by atoms with Crippen molar-refractivity contribution < 1.29 is 19.1 Å². The zero-order chi connectivity index (χ0) is 14.4. The third-order valence-corrected chi connectivity index (χ3v) is 3.32. The topological polar surface area (TPSA) is 111 Å². The fourth-order valence-corrected chi connectivity index (χ4v) is 2.24. The number of hydrogen-bond donors (Lipinski definition) is 1. The fraction of sp³-hybridized carbons (Fsp3) is 0.545. The zero-order valence-electron chi connectivity index (χ0n) is 10.3. The maximum Gasteiger partial charge on any atom is 0.326 e. The first kappa shape index (κ1) is 15.2. The molecule has 0 spiro atoms. The summed E-state index contributed by atoms with van der Waals surface area (Å²) in [6.45, 7) is 1.07. The molecule has 0 aromatic rings. The Labute approximate surface area is 114 Å². The molecular formula is C11H13N3O4S. The van der Waals surface area contributed by atoms with Crippen molar-refractivity contribution in [2.75, 3.05) is 25.4 Å². The molecule has 1 atom stereocenters. The number of Topliss-reactive ketones (excluding diaryl/α,β-unsaturated/α-hetero) is 1. The van der Waals surface area contributed by atoms with Crippen molar-refractivity contribution in [1.82, 2.24) is 4.90 Å². The zero-order valence-corrected chi connectivity index (χ0v) is 11.2. The summed E-state index contributed by atoms with van der Waals surface area (Å²) in [5.41, 5.74) is -0.0883. The van der Waals surface area contributed by atoms with E-state index in [-0.39, 0.29) is 17.5 Å². The first-order chi connectivity index (χ1) is 8.95. The van der Waals surface area contributed by atoms with Crippen LogP contribution in [0.25, 0.3) is 0 Å². The van der Waals surface area contributed by atoms with Crippen molar-refractivity contribution in [1.29, 1.82) is 10.7 Å². The highest BCUT2D eigenvalue weighted by Gasteiger charge is 2.25. The van der Waals surface area contributed by atoms with E-state index < -0.39 is 24.3 Å². The van der Waals surface area contributed by atoms with Crippen LogP contribution in [0.5, 0.6) is 0 Å². The summed E-state index contributed by atoms with van der Waals surface area (Å²) in [5.74, 6) is -1.88. The van der Waals surface area contributed by atoms with Crippen LogP contribution in [0, 0.1) is 22.7 Å². The molecule has 8 heteroatoms. The van der Waals surface area contributed by atoms with Crippen LogP contribution in [0.15, 0.2) is 0 Å². The first-order valence-electron chi connectivity index (χ1n) is 5.50. The molecule has 0 saturated carbocycles. The van der Waals surface area contributed by atoms with Crippen LogP contribution in [0.4, 0.5) is 4.79 Å². The Kier molecular flexibility index (Phi) is 5.51. The van der Waals surface area contributed by atoms with Crippen LogP contribution in [-0.4, -0.2) is 53.1 Å². The molecule has 0 bridgehead atoms. The normalized spacial score (nSPS) is 15.8. The summed E-state index contributed by atoms with van der Waals surface area (Å²) in [6, 6.07) is 1.67. The molecule has 1 aliphatic rings. The second kappa shape index (κ2) is 6.89. The minimum absolute atomic E-state index is 0.0883. The number of ketones is 1. The van der Waals surface area contributed by atoms with Gasteiger partial charge in [0.25, 0.3) is 5.24 Å². The molecular weight excluding hydrogens is 270 g/mol. The van der Waals surface area contributed by atoms with Crippen molar-refractivity contribution in [2.24, 2.45) is 5.92 Å². The highest BCUT2D eigenvalue weighted by molar-refractivity contribution is 8.13. The molecule has 1 heterocycles. The van der Waals surface area contributed by atoms with Crippen molar-refractivity contribution >= 4 is 34.5 Å².